The van der Waals surface area contributed by atoms with E-state index in [4.69, 9.17) is 21.1 Å². The molecule has 19 heavy (non-hydrogen) atoms. The Morgan fingerprint density at radius 1 is 1.26 bits per heavy atom. The monoisotopic (exact) mass is 284 g/mol. The minimum atomic E-state index is -0.899. The lowest BCUT2D eigenvalue weighted by molar-refractivity contribution is -0.137. The number of carbonyl (C=O) groups is 2. The lowest BCUT2D eigenvalue weighted by atomic mass is 10.1. The van der Waals surface area contributed by atoms with Crippen molar-refractivity contribution in [2.24, 2.45) is 0 Å². The van der Waals surface area contributed by atoms with Crippen LogP contribution in [0.2, 0.25) is 5.02 Å². The van der Waals surface area contributed by atoms with Crippen LogP contribution >= 0.6 is 11.6 Å². The Hall–Kier alpha value is -1.55. The van der Waals surface area contributed by atoms with Gasteiger partial charge in [-0.2, -0.15) is 0 Å². The van der Waals surface area contributed by atoms with Crippen molar-refractivity contribution in [3.05, 3.63) is 28.3 Å². The average molecular weight is 285 g/mol. The molecule has 0 radical (unpaired) electrons. The summed E-state index contributed by atoms with van der Waals surface area (Å²) in [4.78, 5) is 23.5. The molecule has 0 aliphatic rings. The van der Waals surface area contributed by atoms with Crippen molar-refractivity contribution >= 4 is 23.4 Å². The second kappa shape index (κ2) is 7.14. The Kier molecular flexibility index (Phi) is 5.83. The minimum Gasteiger partial charge on any atom is -0.493 e. The van der Waals surface area contributed by atoms with Gasteiger partial charge in [0.05, 0.1) is 18.8 Å². The van der Waals surface area contributed by atoms with Gasteiger partial charge in [0.25, 0.3) is 5.78 Å². The molecule has 1 rings (SSSR count). The number of Topliss-reactive ketones (excluding diaryl/α,β-unsaturated/α-hetero) is 1. The van der Waals surface area contributed by atoms with Crippen LogP contribution in [0, 0.1) is 6.92 Å². The van der Waals surface area contributed by atoms with Gasteiger partial charge in [0.15, 0.2) is 0 Å². The summed E-state index contributed by atoms with van der Waals surface area (Å²) in [5.41, 5.74) is 0.927. The molecular formula is C14H17ClO4. The second-order valence-electron chi connectivity index (χ2n) is 4.00. The quantitative estimate of drug-likeness (QED) is 0.457. The number of rotatable bonds is 6. The minimum absolute atomic E-state index is 0.141. The first-order valence-electron chi connectivity index (χ1n) is 6.15. The molecule has 104 valence electrons. The van der Waals surface area contributed by atoms with Crippen molar-refractivity contribution in [1.82, 2.24) is 0 Å². The highest BCUT2D eigenvalue weighted by atomic mass is 35.5. The number of aryl methyl sites for hydroxylation is 1. The van der Waals surface area contributed by atoms with Crippen LogP contribution in [-0.2, 0) is 9.53 Å². The summed E-state index contributed by atoms with van der Waals surface area (Å²) >= 11 is 5.99. The molecule has 4 nitrogen and oxygen atoms in total. The van der Waals surface area contributed by atoms with Crippen LogP contribution in [0.15, 0.2) is 12.1 Å². The molecule has 5 heteroatoms. The smallest absolute Gasteiger partial charge is 0.379 e. The van der Waals surface area contributed by atoms with Crippen molar-refractivity contribution in [2.45, 2.75) is 27.2 Å². The molecule has 0 unspecified atom stereocenters. The van der Waals surface area contributed by atoms with Crippen molar-refractivity contribution in [2.75, 3.05) is 13.2 Å². The molecular weight excluding hydrogens is 268 g/mol. The van der Waals surface area contributed by atoms with Gasteiger partial charge in [-0.1, -0.05) is 18.5 Å². The van der Waals surface area contributed by atoms with Crippen LogP contribution in [0.25, 0.3) is 0 Å². The summed E-state index contributed by atoms with van der Waals surface area (Å²) in [6.45, 7) is 6.01. The van der Waals surface area contributed by atoms with Crippen LogP contribution in [0.1, 0.15) is 36.2 Å². The lowest BCUT2D eigenvalue weighted by Gasteiger charge is -2.11. The highest BCUT2D eigenvalue weighted by Gasteiger charge is 2.23. The number of ketones is 1. The van der Waals surface area contributed by atoms with E-state index in [0.29, 0.717) is 17.4 Å². The van der Waals surface area contributed by atoms with Gasteiger partial charge in [-0.05, 0) is 38.0 Å². The first-order valence-corrected chi connectivity index (χ1v) is 6.53. The van der Waals surface area contributed by atoms with E-state index >= 15 is 0 Å². The van der Waals surface area contributed by atoms with Crippen molar-refractivity contribution in [3.63, 3.8) is 0 Å². The van der Waals surface area contributed by atoms with Gasteiger partial charge in [0.1, 0.15) is 5.75 Å². The van der Waals surface area contributed by atoms with Crippen LogP contribution in [0.3, 0.4) is 0 Å². The third-order valence-electron chi connectivity index (χ3n) is 2.43. The first-order chi connectivity index (χ1) is 9.01. The zero-order valence-electron chi connectivity index (χ0n) is 11.3. The molecule has 0 atom stereocenters. The Morgan fingerprint density at radius 2 is 1.95 bits per heavy atom. The normalized spacial score (nSPS) is 10.1. The fourth-order valence-corrected chi connectivity index (χ4v) is 1.63. The molecule has 0 heterocycles. The SMILES string of the molecule is CCCOc1cc(C)c(Cl)cc1C(=O)C(=O)OCC. The topological polar surface area (TPSA) is 52.6 Å². The standard InChI is InChI=1S/C14H17ClO4/c1-4-6-19-12-7-9(3)11(15)8-10(12)13(16)14(17)18-5-2/h7-8H,4-6H2,1-3H3. The van der Waals surface area contributed by atoms with E-state index in [1.165, 1.54) is 6.07 Å². The van der Waals surface area contributed by atoms with Crippen LogP contribution in [0.4, 0.5) is 0 Å². The maximum Gasteiger partial charge on any atom is 0.379 e. The third kappa shape index (κ3) is 3.96. The molecule has 0 aromatic heterocycles. The van der Waals surface area contributed by atoms with Gasteiger partial charge in [-0.3, -0.25) is 4.79 Å². The van der Waals surface area contributed by atoms with E-state index in [-0.39, 0.29) is 12.2 Å². The highest BCUT2D eigenvalue weighted by Crippen LogP contribution is 2.27. The first kappa shape index (κ1) is 15.5. The molecule has 1 aromatic rings. The average Bonchev–Trinajstić information content (AvgIpc) is 2.39. The Morgan fingerprint density at radius 3 is 2.53 bits per heavy atom. The molecule has 0 spiro atoms. The molecule has 0 aliphatic carbocycles. The molecule has 0 saturated carbocycles. The number of hydrogen-bond acceptors (Lipinski definition) is 4. The van der Waals surface area contributed by atoms with Gasteiger partial charge in [0.2, 0.25) is 0 Å². The zero-order chi connectivity index (χ0) is 14.4. The molecule has 1 aromatic carbocycles. The molecule has 0 fully saturated rings. The van der Waals surface area contributed by atoms with Crippen molar-refractivity contribution in [1.29, 1.82) is 0 Å². The summed E-state index contributed by atoms with van der Waals surface area (Å²) in [6, 6.07) is 3.10. The van der Waals surface area contributed by atoms with Gasteiger partial charge in [-0.25, -0.2) is 4.79 Å². The fraction of sp³-hybridized carbons (Fsp3) is 0.429. The van der Waals surface area contributed by atoms with E-state index in [0.717, 1.165) is 12.0 Å². The Balaban J connectivity index is 3.12. The molecule has 0 amide bonds. The number of halogens is 1. The molecule has 0 N–H and O–H groups in total. The third-order valence-corrected chi connectivity index (χ3v) is 2.84. The predicted molar refractivity (Wildman–Crippen MR) is 72.9 cm³/mol. The largest absolute Gasteiger partial charge is 0.493 e. The Bertz CT molecular complexity index is 483. The van der Waals surface area contributed by atoms with Crippen molar-refractivity contribution < 1.29 is 19.1 Å². The molecule has 0 aliphatic heterocycles. The van der Waals surface area contributed by atoms with Gasteiger partial charge in [-0.15, -0.1) is 0 Å². The number of esters is 1. The van der Waals surface area contributed by atoms with E-state index in [1.807, 2.05) is 6.92 Å². The van der Waals surface area contributed by atoms with Crippen LogP contribution < -0.4 is 4.74 Å². The number of carbonyl (C=O) groups excluding carboxylic acids is 2. The number of ether oxygens (including phenoxy) is 2. The highest BCUT2D eigenvalue weighted by molar-refractivity contribution is 6.42. The van der Waals surface area contributed by atoms with E-state index < -0.39 is 11.8 Å². The molecule has 0 saturated heterocycles. The fourth-order valence-electron chi connectivity index (χ4n) is 1.47. The summed E-state index contributed by atoms with van der Waals surface area (Å²) in [6.07, 6.45) is 0.800. The predicted octanol–water partition coefficient (Wildman–Crippen LogP) is 3.18. The second-order valence-corrected chi connectivity index (χ2v) is 4.40. The maximum absolute atomic E-state index is 12.0. The summed E-state index contributed by atoms with van der Waals surface area (Å²) in [5, 5.41) is 0.413. The van der Waals surface area contributed by atoms with E-state index in [9.17, 15) is 9.59 Å². The maximum atomic E-state index is 12.0. The summed E-state index contributed by atoms with van der Waals surface area (Å²) in [7, 11) is 0. The zero-order valence-corrected chi connectivity index (χ0v) is 12.0. The van der Waals surface area contributed by atoms with Crippen molar-refractivity contribution in [3.8, 4) is 5.75 Å². The lowest BCUT2D eigenvalue weighted by Crippen LogP contribution is -2.18. The number of benzene rings is 1. The van der Waals surface area contributed by atoms with Gasteiger partial charge < -0.3 is 9.47 Å². The van der Waals surface area contributed by atoms with Gasteiger partial charge >= 0.3 is 5.97 Å². The Labute approximate surface area is 117 Å². The summed E-state index contributed by atoms with van der Waals surface area (Å²) < 4.78 is 10.2. The van der Waals surface area contributed by atoms with Crippen LogP contribution in [0.5, 0.6) is 5.75 Å². The van der Waals surface area contributed by atoms with Gasteiger partial charge in [0, 0.05) is 5.02 Å². The molecule has 0 bridgehead atoms. The van der Waals surface area contributed by atoms with Crippen LogP contribution in [-0.4, -0.2) is 25.0 Å². The van der Waals surface area contributed by atoms with E-state index in [2.05, 4.69) is 0 Å². The number of hydrogen-bond donors (Lipinski definition) is 0. The van der Waals surface area contributed by atoms with E-state index in [1.54, 1.807) is 19.9 Å². The summed E-state index contributed by atoms with van der Waals surface area (Å²) in [5.74, 6) is -1.28.